The predicted molar refractivity (Wildman–Crippen MR) is 107 cm³/mol. The maximum atomic E-state index is 10.7. The molecule has 0 N–H and O–H groups in total. The Morgan fingerprint density at radius 3 is 2.10 bits per heavy atom. The molecule has 2 heterocycles. The van der Waals surface area contributed by atoms with Crippen molar-refractivity contribution in [2.75, 3.05) is 19.0 Å². The summed E-state index contributed by atoms with van der Waals surface area (Å²) in [5.74, 6) is 2.48. The molecule has 0 bridgehead atoms. The number of benzene rings is 2. The van der Waals surface area contributed by atoms with E-state index in [2.05, 4.69) is 21.1 Å². The van der Waals surface area contributed by atoms with Gasteiger partial charge in [-0.15, -0.1) is 0 Å². The van der Waals surface area contributed by atoms with Crippen molar-refractivity contribution >= 4 is 32.9 Å². The summed E-state index contributed by atoms with van der Waals surface area (Å²) >= 11 is 0. The second-order valence-corrected chi connectivity index (χ2v) is 8.06. The van der Waals surface area contributed by atoms with Crippen LogP contribution in [-0.4, -0.2) is 46.9 Å². The molecule has 0 aliphatic carbocycles. The van der Waals surface area contributed by atoms with Gasteiger partial charge in [0.2, 0.25) is 5.82 Å². The monoisotopic (exact) mass is 453 g/mol. The third-order valence-corrected chi connectivity index (χ3v) is 4.88. The van der Waals surface area contributed by atoms with Crippen molar-refractivity contribution in [3.05, 3.63) is 54.6 Å². The minimum absolute atomic E-state index is 0.736. The lowest BCUT2D eigenvalue weighted by atomic mass is 10.2. The standard InChI is InChI=1S/C18H18N5.CHF3O3S/c1-21(2)17-19-16(13-9-5-4-6-10-13)20-18-22(3)14-11-7-8-12-15(14)23(17)18;2-1(3,4)8(5,6)7/h4-12H,1-3H3;(H,5,6,7)/q+1;/p-1. The van der Waals surface area contributed by atoms with Crippen LogP contribution in [0.3, 0.4) is 0 Å². The van der Waals surface area contributed by atoms with Crippen LogP contribution in [0.25, 0.3) is 28.2 Å². The van der Waals surface area contributed by atoms with Crippen LogP contribution in [0.1, 0.15) is 0 Å². The lowest BCUT2D eigenvalue weighted by Gasteiger charge is -2.10. The number of hydrogen-bond acceptors (Lipinski definition) is 6. The van der Waals surface area contributed by atoms with E-state index < -0.39 is 15.6 Å². The number of hydrogen-bond donors (Lipinski definition) is 0. The fourth-order valence-corrected chi connectivity index (χ4v) is 2.91. The Morgan fingerprint density at radius 2 is 1.55 bits per heavy atom. The van der Waals surface area contributed by atoms with Gasteiger partial charge >= 0.3 is 11.3 Å². The van der Waals surface area contributed by atoms with E-state index in [9.17, 15) is 13.2 Å². The Morgan fingerprint density at radius 1 is 1.00 bits per heavy atom. The maximum absolute atomic E-state index is 10.7. The molecule has 0 radical (unpaired) electrons. The van der Waals surface area contributed by atoms with Crippen LogP contribution in [0.5, 0.6) is 0 Å². The number of nitrogens with zero attached hydrogens (tertiary/aromatic N) is 5. The Hall–Kier alpha value is -3.25. The molecule has 31 heavy (non-hydrogen) atoms. The van der Waals surface area contributed by atoms with Gasteiger partial charge in [-0.25, -0.2) is 13.0 Å². The van der Waals surface area contributed by atoms with Gasteiger partial charge in [-0.05, 0) is 29.2 Å². The highest BCUT2D eigenvalue weighted by atomic mass is 32.2. The summed E-state index contributed by atoms with van der Waals surface area (Å²) < 4.78 is 63.1. The minimum atomic E-state index is -6.09. The molecule has 2 aromatic carbocycles. The van der Waals surface area contributed by atoms with Crippen LogP contribution in [0, 0.1) is 0 Å². The minimum Gasteiger partial charge on any atom is -0.741 e. The highest BCUT2D eigenvalue weighted by Crippen LogP contribution is 2.23. The molecule has 4 rings (SSSR count). The lowest BCUT2D eigenvalue weighted by molar-refractivity contribution is -0.620. The number of alkyl halides is 3. The average Bonchev–Trinajstić information content (AvgIpc) is 2.99. The van der Waals surface area contributed by atoms with Crippen LogP contribution >= 0.6 is 0 Å². The zero-order valence-electron chi connectivity index (χ0n) is 16.7. The molecule has 0 fully saturated rings. The van der Waals surface area contributed by atoms with Gasteiger partial charge in [0.1, 0.15) is 11.0 Å². The Balaban J connectivity index is 0.000000293. The SMILES string of the molecule is CN(C)c1nc(-c2ccccc2)nc2n1c1ccccc1[n+]2C.O=S(=O)([O-])C(F)(F)F. The van der Waals surface area contributed by atoms with E-state index in [1.165, 1.54) is 0 Å². The summed E-state index contributed by atoms with van der Waals surface area (Å²) in [6.45, 7) is 0. The van der Waals surface area contributed by atoms with E-state index in [4.69, 9.17) is 22.9 Å². The molecular formula is C19H18F3N5O3S. The third-order valence-electron chi connectivity index (χ3n) is 4.31. The van der Waals surface area contributed by atoms with Gasteiger partial charge in [-0.2, -0.15) is 22.6 Å². The summed E-state index contributed by atoms with van der Waals surface area (Å²) in [6, 6.07) is 18.4. The molecule has 0 aliphatic rings. The maximum Gasteiger partial charge on any atom is 0.485 e. The van der Waals surface area contributed by atoms with E-state index >= 15 is 0 Å². The average molecular weight is 453 g/mol. The fraction of sp³-hybridized carbons (Fsp3) is 0.211. The fourth-order valence-electron chi connectivity index (χ4n) is 2.91. The summed E-state index contributed by atoms with van der Waals surface area (Å²) in [6.07, 6.45) is 0. The number of rotatable bonds is 2. The van der Waals surface area contributed by atoms with E-state index in [0.29, 0.717) is 0 Å². The number of imidazole rings is 1. The first kappa shape index (κ1) is 22.4. The Labute approximate surface area is 176 Å². The van der Waals surface area contributed by atoms with Crippen LogP contribution in [0.4, 0.5) is 19.1 Å². The van der Waals surface area contributed by atoms with Crippen molar-refractivity contribution in [3.8, 4) is 11.4 Å². The van der Waals surface area contributed by atoms with Gasteiger partial charge < -0.3 is 9.45 Å². The van der Waals surface area contributed by atoms with E-state index in [0.717, 1.165) is 34.1 Å². The Bertz CT molecular complexity index is 1340. The molecule has 8 nitrogen and oxygen atoms in total. The number of para-hydroxylation sites is 2. The van der Waals surface area contributed by atoms with Crippen molar-refractivity contribution in [1.82, 2.24) is 14.4 Å². The van der Waals surface area contributed by atoms with Gasteiger partial charge in [0, 0.05) is 19.7 Å². The molecule has 0 unspecified atom stereocenters. The second kappa shape index (κ2) is 8.12. The summed E-state index contributed by atoms with van der Waals surface area (Å²) in [5, 5.41) is 0. The highest BCUT2D eigenvalue weighted by Gasteiger charge is 2.36. The summed E-state index contributed by atoms with van der Waals surface area (Å²) in [7, 11) is -0.0392. The van der Waals surface area contributed by atoms with E-state index in [1.54, 1.807) is 0 Å². The van der Waals surface area contributed by atoms with Crippen LogP contribution in [-0.2, 0) is 17.2 Å². The topological polar surface area (TPSA) is 94.5 Å². The highest BCUT2D eigenvalue weighted by molar-refractivity contribution is 7.86. The quantitative estimate of drug-likeness (QED) is 0.263. The molecule has 4 aromatic rings. The lowest BCUT2D eigenvalue weighted by Crippen LogP contribution is -2.29. The largest absolute Gasteiger partial charge is 0.741 e. The van der Waals surface area contributed by atoms with Crippen molar-refractivity contribution in [2.45, 2.75) is 5.51 Å². The molecule has 0 saturated carbocycles. The molecular weight excluding hydrogens is 435 g/mol. The molecule has 12 heteroatoms. The first-order chi connectivity index (χ1) is 14.4. The second-order valence-electron chi connectivity index (χ2n) is 6.69. The number of halogens is 3. The molecule has 164 valence electrons. The first-order valence-corrected chi connectivity index (χ1v) is 10.2. The van der Waals surface area contributed by atoms with Crippen LogP contribution < -0.4 is 9.47 Å². The molecule has 0 aliphatic heterocycles. The third kappa shape index (κ3) is 4.44. The van der Waals surface area contributed by atoms with Crippen LogP contribution in [0.15, 0.2) is 54.6 Å². The first-order valence-electron chi connectivity index (χ1n) is 8.84. The summed E-state index contributed by atoms with van der Waals surface area (Å²) in [4.78, 5) is 11.6. The number of anilines is 1. The van der Waals surface area contributed by atoms with Gasteiger partial charge in [-0.1, -0.05) is 30.3 Å². The molecule has 0 atom stereocenters. The molecule has 0 amide bonds. The number of aryl methyl sites for hydroxylation is 1. The van der Waals surface area contributed by atoms with Gasteiger partial charge in [-0.3, -0.25) is 0 Å². The van der Waals surface area contributed by atoms with Gasteiger partial charge in [0.05, 0.1) is 7.05 Å². The predicted octanol–water partition coefficient (Wildman–Crippen LogP) is 2.49. The van der Waals surface area contributed by atoms with Crippen molar-refractivity contribution in [1.29, 1.82) is 0 Å². The van der Waals surface area contributed by atoms with Crippen molar-refractivity contribution in [2.24, 2.45) is 7.05 Å². The molecule has 0 spiro atoms. The van der Waals surface area contributed by atoms with Crippen molar-refractivity contribution < 1.29 is 30.7 Å². The van der Waals surface area contributed by atoms with Gasteiger partial charge in [0.25, 0.3) is 5.95 Å². The van der Waals surface area contributed by atoms with Crippen molar-refractivity contribution in [3.63, 3.8) is 0 Å². The smallest absolute Gasteiger partial charge is 0.485 e. The number of fused-ring (bicyclic) bond motifs is 3. The molecule has 0 saturated heterocycles. The normalized spacial score (nSPS) is 12.0. The van der Waals surface area contributed by atoms with Crippen LogP contribution in [0.2, 0.25) is 0 Å². The zero-order chi connectivity index (χ0) is 23.0. The van der Waals surface area contributed by atoms with E-state index in [-0.39, 0.29) is 0 Å². The molecule has 2 aromatic heterocycles. The van der Waals surface area contributed by atoms with E-state index in [1.807, 2.05) is 68.5 Å². The Kier molecular flexibility index (Phi) is 5.87. The summed E-state index contributed by atoms with van der Waals surface area (Å²) in [5.41, 5.74) is -2.39. The zero-order valence-corrected chi connectivity index (χ0v) is 17.5. The number of aromatic nitrogens is 4. The van der Waals surface area contributed by atoms with Gasteiger partial charge in [0.15, 0.2) is 10.1 Å².